The van der Waals surface area contributed by atoms with Gasteiger partial charge in [-0.3, -0.25) is 0 Å². The normalized spacial score (nSPS) is 10.8. The molecular weight excluding hydrogens is 242 g/mol. The van der Waals surface area contributed by atoms with Gasteiger partial charge in [0.1, 0.15) is 11.3 Å². The Morgan fingerprint density at radius 1 is 1.35 bits per heavy atom. The zero-order chi connectivity index (χ0) is 12.5. The Hall–Kier alpha value is -1.26. The van der Waals surface area contributed by atoms with Crippen LogP contribution in [0.15, 0.2) is 12.1 Å². The lowest BCUT2D eigenvalue weighted by Crippen LogP contribution is -2.14. The van der Waals surface area contributed by atoms with E-state index in [-0.39, 0.29) is 35.7 Å². The summed E-state index contributed by atoms with van der Waals surface area (Å²) < 4.78 is 0. The second-order valence-corrected chi connectivity index (χ2v) is 4.79. The van der Waals surface area contributed by atoms with Crippen LogP contribution in [0.25, 0.3) is 0 Å². The Morgan fingerprint density at radius 3 is 2.24 bits per heavy atom. The molecular formula is C12H18ClNO3. The van der Waals surface area contributed by atoms with Crippen molar-refractivity contribution in [1.29, 1.82) is 0 Å². The van der Waals surface area contributed by atoms with Crippen LogP contribution in [-0.2, 0) is 12.0 Å². The molecule has 0 spiro atoms. The number of hydrogen-bond donors (Lipinski definition) is 3. The minimum absolute atomic E-state index is 0. The van der Waals surface area contributed by atoms with Crippen molar-refractivity contribution in [2.24, 2.45) is 5.73 Å². The molecule has 0 aliphatic carbocycles. The molecule has 0 saturated carbocycles. The lowest BCUT2D eigenvalue weighted by Gasteiger charge is -2.21. The van der Waals surface area contributed by atoms with Crippen LogP contribution < -0.4 is 5.73 Å². The largest absolute Gasteiger partial charge is 0.507 e. The molecule has 1 aromatic carbocycles. The SMILES string of the molecule is CC(C)(C)c1cc(CN)c(O)c(C(=O)O)c1.Cl. The predicted octanol–water partition coefficient (Wildman–Crippen LogP) is 2.27. The molecule has 17 heavy (non-hydrogen) atoms. The molecule has 0 aromatic heterocycles. The summed E-state index contributed by atoms with van der Waals surface area (Å²) in [6.45, 7) is 6.05. The van der Waals surface area contributed by atoms with E-state index in [4.69, 9.17) is 10.8 Å². The number of nitrogens with two attached hydrogens (primary N) is 1. The summed E-state index contributed by atoms with van der Waals surface area (Å²) in [6, 6.07) is 3.25. The summed E-state index contributed by atoms with van der Waals surface area (Å²) in [5.74, 6) is -1.37. The Kier molecular flexibility index (Phi) is 4.98. The quantitative estimate of drug-likeness (QED) is 0.761. The van der Waals surface area contributed by atoms with Gasteiger partial charge < -0.3 is 15.9 Å². The van der Waals surface area contributed by atoms with Crippen LogP contribution in [0.3, 0.4) is 0 Å². The molecule has 1 rings (SSSR count). The lowest BCUT2D eigenvalue weighted by molar-refractivity contribution is 0.0693. The molecule has 0 fully saturated rings. The third kappa shape index (κ3) is 3.35. The zero-order valence-corrected chi connectivity index (χ0v) is 11.0. The van der Waals surface area contributed by atoms with Gasteiger partial charge in [-0.2, -0.15) is 0 Å². The predicted molar refractivity (Wildman–Crippen MR) is 68.9 cm³/mol. The third-order valence-corrected chi connectivity index (χ3v) is 2.51. The summed E-state index contributed by atoms with van der Waals surface area (Å²) in [5, 5.41) is 18.7. The van der Waals surface area contributed by atoms with Crippen molar-refractivity contribution < 1.29 is 15.0 Å². The molecule has 4 N–H and O–H groups in total. The van der Waals surface area contributed by atoms with Crippen LogP contribution in [-0.4, -0.2) is 16.2 Å². The maximum Gasteiger partial charge on any atom is 0.339 e. The van der Waals surface area contributed by atoms with E-state index in [0.717, 1.165) is 5.56 Å². The molecule has 1 aromatic rings. The molecule has 0 aliphatic rings. The smallest absolute Gasteiger partial charge is 0.339 e. The standard InChI is InChI=1S/C12H17NO3.ClH/c1-12(2,3)8-4-7(6-13)10(14)9(5-8)11(15)16;/h4-5,14H,6,13H2,1-3H3,(H,15,16);1H. The molecule has 96 valence electrons. The van der Waals surface area contributed by atoms with Gasteiger partial charge in [-0.25, -0.2) is 4.79 Å². The minimum Gasteiger partial charge on any atom is -0.507 e. The fourth-order valence-corrected chi connectivity index (χ4v) is 1.45. The van der Waals surface area contributed by atoms with Crippen LogP contribution in [0.4, 0.5) is 0 Å². The molecule has 0 bridgehead atoms. The molecule has 0 heterocycles. The summed E-state index contributed by atoms with van der Waals surface area (Å²) in [6.07, 6.45) is 0. The van der Waals surface area contributed by atoms with Crippen LogP contribution in [0, 0.1) is 0 Å². The van der Waals surface area contributed by atoms with E-state index in [1.165, 1.54) is 6.07 Å². The Morgan fingerprint density at radius 2 is 1.88 bits per heavy atom. The van der Waals surface area contributed by atoms with Crippen molar-refractivity contribution in [2.75, 3.05) is 0 Å². The van der Waals surface area contributed by atoms with Crippen LogP contribution in [0.5, 0.6) is 5.75 Å². The van der Waals surface area contributed by atoms with Gasteiger partial charge >= 0.3 is 5.97 Å². The molecule has 0 aliphatic heterocycles. The first-order chi connectivity index (χ1) is 7.27. The van der Waals surface area contributed by atoms with Crippen molar-refractivity contribution in [3.05, 3.63) is 28.8 Å². The van der Waals surface area contributed by atoms with Crippen molar-refractivity contribution >= 4 is 18.4 Å². The van der Waals surface area contributed by atoms with E-state index < -0.39 is 5.97 Å². The Balaban J connectivity index is 0.00000256. The highest BCUT2D eigenvalue weighted by Gasteiger charge is 2.20. The number of phenols is 1. The van der Waals surface area contributed by atoms with E-state index in [0.29, 0.717) is 5.56 Å². The van der Waals surface area contributed by atoms with Gasteiger partial charge in [0.2, 0.25) is 0 Å². The van der Waals surface area contributed by atoms with Gasteiger partial charge in [0.15, 0.2) is 0 Å². The number of halogens is 1. The number of carbonyl (C=O) groups is 1. The summed E-state index contributed by atoms with van der Waals surface area (Å²) in [5.41, 5.74) is 6.52. The molecule has 0 saturated heterocycles. The third-order valence-electron chi connectivity index (χ3n) is 2.51. The first kappa shape index (κ1) is 15.7. The monoisotopic (exact) mass is 259 g/mol. The van der Waals surface area contributed by atoms with Gasteiger partial charge in [-0.15, -0.1) is 12.4 Å². The molecule has 5 heteroatoms. The number of carboxylic acid groups (broad SMARTS) is 1. The summed E-state index contributed by atoms with van der Waals surface area (Å²) in [4.78, 5) is 11.0. The van der Waals surface area contributed by atoms with Gasteiger partial charge in [-0.05, 0) is 17.0 Å². The van der Waals surface area contributed by atoms with Gasteiger partial charge in [0, 0.05) is 12.1 Å². The van der Waals surface area contributed by atoms with Crippen molar-refractivity contribution in [1.82, 2.24) is 0 Å². The maximum atomic E-state index is 11.0. The van der Waals surface area contributed by atoms with Crippen molar-refractivity contribution in [2.45, 2.75) is 32.7 Å². The van der Waals surface area contributed by atoms with Gasteiger partial charge in [-0.1, -0.05) is 26.8 Å². The van der Waals surface area contributed by atoms with E-state index in [1.54, 1.807) is 6.07 Å². The molecule has 0 atom stereocenters. The van der Waals surface area contributed by atoms with E-state index in [2.05, 4.69) is 0 Å². The highest BCUT2D eigenvalue weighted by atomic mass is 35.5. The number of carboxylic acids is 1. The van der Waals surface area contributed by atoms with Gasteiger partial charge in [0.05, 0.1) is 0 Å². The molecule has 0 radical (unpaired) electrons. The maximum absolute atomic E-state index is 11.0. The van der Waals surface area contributed by atoms with E-state index in [9.17, 15) is 9.90 Å². The fraction of sp³-hybridized carbons (Fsp3) is 0.417. The molecule has 4 nitrogen and oxygen atoms in total. The number of benzene rings is 1. The average molecular weight is 260 g/mol. The van der Waals surface area contributed by atoms with Crippen LogP contribution >= 0.6 is 12.4 Å². The molecule has 0 amide bonds. The first-order valence-corrected chi connectivity index (χ1v) is 5.07. The Labute approximate surface area is 107 Å². The second-order valence-electron chi connectivity index (χ2n) is 4.79. The summed E-state index contributed by atoms with van der Waals surface area (Å²) >= 11 is 0. The highest BCUT2D eigenvalue weighted by Crippen LogP contribution is 2.30. The molecule has 0 unspecified atom stereocenters. The zero-order valence-electron chi connectivity index (χ0n) is 10.2. The fourth-order valence-electron chi connectivity index (χ4n) is 1.45. The first-order valence-electron chi connectivity index (χ1n) is 5.07. The number of aromatic hydroxyl groups is 1. The van der Waals surface area contributed by atoms with Crippen molar-refractivity contribution in [3.8, 4) is 5.75 Å². The highest BCUT2D eigenvalue weighted by molar-refractivity contribution is 5.91. The second kappa shape index (κ2) is 5.38. The lowest BCUT2D eigenvalue weighted by atomic mass is 9.84. The summed E-state index contributed by atoms with van der Waals surface area (Å²) in [7, 11) is 0. The van der Waals surface area contributed by atoms with Crippen LogP contribution in [0.1, 0.15) is 42.3 Å². The van der Waals surface area contributed by atoms with Crippen molar-refractivity contribution in [3.63, 3.8) is 0 Å². The van der Waals surface area contributed by atoms with E-state index >= 15 is 0 Å². The van der Waals surface area contributed by atoms with E-state index in [1.807, 2.05) is 20.8 Å². The topological polar surface area (TPSA) is 83.5 Å². The van der Waals surface area contributed by atoms with Crippen LogP contribution in [0.2, 0.25) is 0 Å². The average Bonchev–Trinajstić information content (AvgIpc) is 2.15. The number of hydrogen-bond acceptors (Lipinski definition) is 3. The Bertz CT molecular complexity index is 424. The van der Waals surface area contributed by atoms with Gasteiger partial charge in [0.25, 0.3) is 0 Å². The number of aromatic carboxylic acids is 1. The minimum atomic E-state index is -1.14. The number of rotatable bonds is 2.